The van der Waals surface area contributed by atoms with E-state index < -0.39 is 0 Å². The van der Waals surface area contributed by atoms with Crippen molar-refractivity contribution in [2.45, 2.75) is 39.0 Å². The molecule has 0 aromatic carbocycles. The predicted octanol–water partition coefficient (Wildman–Crippen LogP) is 4.24. The first-order chi connectivity index (χ1) is 9.65. The fourth-order valence-corrected chi connectivity index (χ4v) is 3.06. The Kier molecular flexibility index (Phi) is 3.92. The molecule has 0 saturated heterocycles. The van der Waals surface area contributed by atoms with Crippen LogP contribution in [0.1, 0.15) is 37.1 Å². The van der Waals surface area contributed by atoms with Crippen molar-refractivity contribution >= 4 is 15.9 Å². The van der Waals surface area contributed by atoms with Crippen LogP contribution in [-0.2, 0) is 13.5 Å². The average molecular weight is 333 g/mol. The molecule has 1 radical (unpaired) electrons. The van der Waals surface area contributed by atoms with E-state index in [0.29, 0.717) is 0 Å². The van der Waals surface area contributed by atoms with Crippen molar-refractivity contribution in [3.8, 4) is 11.4 Å². The number of halogens is 1. The molecule has 1 saturated carbocycles. The van der Waals surface area contributed by atoms with Gasteiger partial charge in [-0.25, -0.2) is 4.98 Å². The molecule has 3 nitrogen and oxygen atoms in total. The molecule has 105 valence electrons. The number of imidazole rings is 1. The monoisotopic (exact) mass is 332 g/mol. The third-order valence-electron chi connectivity index (χ3n) is 4.05. The lowest BCUT2D eigenvalue weighted by Crippen LogP contribution is -2.04. The molecule has 0 spiro atoms. The van der Waals surface area contributed by atoms with Crippen molar-refractivity contribution in [2.75, 3.05) is 0 Å². The van der Waals surface area contributed by atoms with Gasteiger partial charge < -0.3 is 4.57 Å². The van der Waals surface area contributed by atoms with Gasteiger partial charge in [0.25, 0.3) is 0 Å². The highest BCUT2D eigenvalue weighted by Gasteiger charge is 2.21. The van der Waals surface area contributed by atoms with E-state index in [0.717, 1.165) is 28.0 Å². The Hall–Kier alpha value is -1.16. The molecule has 0 atom stereocenters. The lowest BCUT2D eigenvalue weighted by Gasteiger charge is -2.11. The first kappa shape index (κ1) is 13.8. The summed E-state index contributed by atoms with van der Waals surface area (Å²) in [5.74, 6) is 1.66. The Bertz CT molecular complexity index is 612. The molecule has 1 aliphatic rings. The number of aryl methyl sites for hydroxylation is 2. The summed E-state index contributed by atoms with van der Waals surface area (Å²) in [6.45, 7) is 2.02. The van der Waals surface area contributed by atoms with Crippen LogP contribution in [0.4, 0.5) is 0 Å². The number of aromatic nitrogens is 3. The van der Waals surface area contributed by atoms with E-state index >= 15 is 0 Å². The second-order valence-electron chi connectivity index (χ2n) is 5.55. The van der Waals surface area contributed by atoms with Gasteiger partial charge in [-0.05, 0) is 60.2 Å². The molecule has 2 aromatic rings. The zero-order valence-corrected chi connectivity index (χ0v) is 13.6. The molecule has 3 rings (SSSR count). The van der Waals surface area contributed by atoms with E-state index in [1.165, 1.54) is 31.4 Å². The fourth-order valence-electron chi connectivity index (χ4n) is 2.84. The zero-order chi connectivity index (χ0) is 14.1. The van der Waals surface area contributed by atoms with Gasteiger partial charge in [-0.3, -0.25) is 4.98 Å². The van der Waals surface area contributed by atoms with E-state index in [-0.39, 0.29) is 0 Å². The van der Waals surface area contributed by atoms with Gasteiger partial charge in [0.15, 0.2) is 0 Å². The van der Waals surface area contributed by atoms with Crippen LogP contribution >= 0.6 is 15.9 Å². The van der Waals surface area contributed by atoms with Gasteiger partial charge in [0.05, 0.1) is 17.7 Å². The minimum atomic E-state index is 0.972. The van der Waals surface area contributed by atoms with Crippen LogP contribution in [0.5, 0.6) is 0 Å². The van der Waals surface area contributed by atoms with Crippen molar-refractivity contribution in [1.82, 2.24) is 14.5 Å². The molecular formula is C16H19BrN3. The maximum absolute atomic E-state index is 4.66. The van der Waals surface area contributed by atoms with Gasteiger partial charge in [0.2, 0.25) is 0 Å². The van der Waals surface area contributed by atoms with Crippen LogP contribution in [0.25, 0.3) is 11.4 Å². The Morgan fingerprint density at radius 1 is 1.25 bits per heavy atom. The third-order valence-corrected chi connectivity index (χ3v) is 4.89. The Morgan fingerprint density at radius 2 is 2.00 bits per heavy atom. The van der Waals surface area contributed by atoms with Gasteiger partial charge in [-0.1, -0.05) is 12.8 Å². The van der Waals surface area contributed by atoms with E-state index in [2.05, 4.69) is 43.6 Å². The first-order valence-electron chi connectivity index (χ1n) is 7.12. The van der Waals surface area contributed by atoms with E-state index in [9.17, 15) is 0 Å². The van der Waals surface area contributed by atoms with Gasteiger partial charge in [0, 0.05) is 17.2 Å². The molecule has 0 aliphatic heterocycles. The zero-order valence-electron chi connectivity index (χ0n) is 12.0. The summed E-state index contributed by atoms with van der Waals surface area (Å²) in [5.41, 5.74) is 4.30. The Morgan fingerprint density at radius 3 is 2.70 bits per heavy atom. The van der Waals surface area contributed by atoms with Gasteiger partial charge >= 0.3 is 0 Å². The highest BCUT2D eigenvalue weighted by Crippen LogP contribution is 2.32. The van der Waals surface area contributed by atoms with Crippen LogP contribution in [-0.4, -0.2) is 14.5 Å². The molecule has 0 amide bonds. The fraction of sp³-hybridized carbons (Fsp3) is 0.438. The van der Waals surface area contributed by atoms with Crippen LogP contribution in [0.15, 0.2) is 22.9 Å². The van der Waals surface area contributed by atoms with Crippen molar-refractivity contribution < 1.29 is 0 Å². The smallest absolute Gasteiger partial charge is 0.110 e. The molecule has 1 aliphatic carbocycles. The summed E-state index contributed by atoms with van der Waals surface area (Å²) in [6, 6.07) is 4.10. The van der Waals surface area contributed by atoms with Crippen LogP contribution < -0.4 is 0 Å². The normalized spacial score (nSPS) is 15.9. The SMILES string of the molecule is Cc1nc(-c2ncn(C)c2C[C]2CCCC2)ccc1Br. The first-order valence-corrected chi connectivity index (χ1v) is 7.91. The molecule has 4 heteroatoms. The van der Waals surface area contributed by atoms with Crippen molar-refractivity contribution in [3.05, 3.63) is 40.2 Å². The topological polar surface area (TPSA) is 30.7 Å². The summed E-state index contributed by atoms with van der Waals surface area (Å²) >= 11 is 3.50. The number of hydrogen-bond acceptors (Lipinski definition) is 2. The van der Waals surface area contributed by atoms with E-state index in [4.69, 9.17) is 0 Å². The highest BCUT2D eigenvalue weighted by atomic mass is 79.9. The van der Waals surface area contributed by atoms with Crippen LogP contribution in [0.3, 0.4) is 0 Å². The summed E-state index contributed by atoms with van der Waals surface area (Å²) in [5, 5.41) is 0. The molecular weight excluding hydrogens is 314 g/mol. The van der Waals surface area contributed by atoms with Crippen molar-refractivity contribution in [3.63, 3.8) is 0 Å². The summed E-state index contributed by atoms with van der Waals surface area (Å²) in [4.78, 5) is 9.23. The quantitative estimate of drug-likeness (QED) is 0.841. The summed E-state index contributed by atoms with van der Waals surface area (Å²) in [7, 11) is 2.08. The maximum Gasteiger partial charge on any atom is 0.110 e. The van der Waals surface area contributed by atoms with E-state index in [1.54, 1.807) is 5.92 Å². The Balaban J connectivity index is 1.94. The number of rotatable bonds is 3. The molecule has 0 N–H and O–H groups in total. The van der Waals surface area contributed by atoms with Crippen LogP contribution in [0, 0.1) is 12.8 Å². The molecule has 2 aromatic heterocycles. The van der Waals surface area contributed by atoms with Gasteiger partial charge in [-0.2, -0.15) is 0 Å². The number of pyridine rings is 1. The third kappa shape index (κ3) is 2.66. The second-order valence-corrected chi connectivity index (χ2v) is 6.40. The van der Waals surface area contributed by atoms with Gasteiger partial charge in [0.1, 0.15) is 5.69 Å². The largest absolute Gasteiger partial charge is 0.337 e. The number of hydrogen-bond donors (Lipinski definition) is 0. The molecule has 2 heterocycles. The predicted molar refractivity (Wildman–Crippen MR) is 84.3 cm³/mol. The average Bonchev–Trinajstić information content (AvgIpc) is 3.05. The highest BCUT2D eigenvalue weighted by molar-refractivity contribution is 9.10. The minimum absolute atomic E-state index is 0.972. The standard InChI is InChI=1S/C16H19BrN3/c1-11-13(17)7-8-14(19-11)16-15(20(2)10-18-16)9-12-5-3-4-6-12/h7-8,10H,3-6,9H2,1-2H3. The molecule has 20 heavy (non-hydrogen) atoms. The Labute approximate surface area is 128 Å². The molecule has 1 fully saturated rings. The summed E-state index contributed by atoms with van der Waals surface area (Å²) < 4.78 is 3.18. The van der Waals surface area contributed by atoms with E-state index in [1.807, 2.05) is 19.3 Å². The van der Waals surface area contributed by atoms with Gasteiger partial charge in [-0.15, -0.1) is 0 Å². The maximum atomic E-state index is 4.66. The second kappa shape index (κ2) is 5.68. The molecule has 0 unspecified atom stereocenters. The summed E-state index contributed by atoms with van der Waals surface area (Å²) in [6.07, 6.45) is 8.19. The van der Waals surface area contributed by atoms with Crippen molar-refractivity contribution in [2.24, 2.45) is 7.05 Å². The number of nitrogens with zero attached hydrogens (tertiary/aromatic N) is 3. The van der Waals surface area contributed by atoms with Crippen molar-refractivity contribution in [1.29, 1.82) is 0 Å². The lowest BCUT2D eigenvalue weighted by molar-refractivity contribution is 0.763. The lowest BCUT2D eigenvalue weighted by atomic mass is 10.00. The van der Waals surface area contributed by atoms with Crippen LogP contribution in [0.2, 0.25) is 0 Å². The minimum Gasteiger partial charge on any atom is -0.337 e. The molecule has 0 bridgehead atoms.